The summed E-state index contributed by atoms with van der Waals surface area (Å²) in [5.74, 6) is 0. The van der Waals surface area contributed by atoms with Crippen LogP contribution in [0.4, 0.5) is 18.0 Å². The van der Waals surface area contributed by atoms with Gasteiger partial charge >= 0.3 is 12.2 Å². The maximum absolute atomic E-state index is 12.0. The smallest absolute Gasteiger partial charge is 0.335 e. The normalized spacial score (nSPS) is 17.9. The Hall–Kier alpha value is -0.940. The first-order valence-electron chi connectivity index (χ1n) is 5.97. The molecule has 2 amide bonds. The first-order chi connectivity index (χ1) is 7.88. The van der Waals surface area contributed by atoms with Gasteiger partial charge in [0, 0.05) is 19.6 Å². The van der Waals surface area contributed by atoms with Crippen molar-refractivity contribution in [3.63, 3.8) is 0 Å². The fourth-order valence-corrected chi connectivity index (χ4v) is 1.93. The largest absolute Gasteiger partial charge is 0.390 e. The SMILES string of the molecule is CN(CCC(F)(F)F)C(=O)NC1CCCCC1. The molecule has 0 spiro atoms. The van der Waals surface area contributed by atoms with Crippen LogP contribution in [0.25, 0.3) is 0 Å². The quantitative estimate of drug-likeness (QED) is 0.823. The van der Waals surface area contributed by atoms with E-state index in [0.717, 1.165) is 30.6 Å². The van der Waals surface area contributed by atoms with Crippen molar-refractivity contribution < 1.29 is 18.0 Å². The molecule has 0 atom stereocenters. The van der Waals surface area contributed by atoms with Gasteiger partial charge in [0.2, 0.25) is 0 Å². The molecule has 100 valence electrons. The number of carbonyl (C=O) groups is 1. The van der Waals surface area contributed by atoms with Gasteiger partial charge in [0.25, 0.3) is 0 Å². The van der Waals surface area contributed by atoms with Crippen molar-refractivity contribution >= 4 is 6.03 Å². The van der Waals surface area contributed by atoms with Gasteiger partial charge in [-0.25, -0.2) is 4.79 Å². The second-order valence-electron chi connectivity index (χ2n) is 4.57. The van der Waals surface area contributed by atoms with Gasteiger partial charge in [0.15, 0.2) is 0 Å². The third-order valence-corrected chi connectivity index (χ3v) is 3.01. The van der Waals surface area contributed by atoms with Crippen molar-refractivity contribution in [1.29, 1.82) is 0 Å². The molecule has 1 fully saturated rings. The minimum absolute atomic E-state index is 0.129. The minimum Gasteiger partial charge on any atom is -0.335 e. The molecule has 1 aliphatic rings. The summed E-state index contributed by atoms with van der Waals surface area (Å²) in [6.45, 7) is -0.290. The molecule has 0 aliphatic heterocycles. The molecule has 0 aromatic carbocycles. The van der Waals surface area contributed by atoms with Crippen LogP contribution >= 0.6 is 0 Å². The van der Waals surface area contributed by atoms with Gasteiger partial charge in [-0.15, -0.1) is 0 Å². The molecule has 1 saturated carbocycles. The number of hydrogen-bond donors (Lipinski definition) is 1. The lowest BCUT2D eigenvalue weighted by atomic mass is 9.96. The molecule has 0 heterocycles. The van der Waals surface area contributed by atoms with Gasteiger partial charge < -0.3 is 10.2 Å². The zero-order valence-electron chi connectivity index (χ0n) is 10.0. The number of rotatable bonds is 3. The molecule has 1 aliphatic carbocycles. The van der Waals surface area contributed by atoms with Crippen LogP contribution < -0.4 is 5.32 Å². The number of alkyl halides is 3. The van der Waals surface area contributed by atoms with E-state index in [0.29, 0.717) is 0 Å². The first kappa shape index (κ1) is 14.1. The Labute approximate surface area is 99.4 Å². The van der Waals surface area contributed by atoms with Gasteiger partial charge in [-0.1, -0.05) is 19.3 Å². The van der Waals surface area contributed by atoms with Crippen molar-refractivity contribution in [2.75, 3.05) is 13.6 Å². The van der Waals surface area contributed by atoms with Crippen LogP contribution in [-0.2, 0) is 0 Å². The fourth-order valence-electron chi connectivity index (χ4n) is 1.93. The number of nitrogens with zero attached hydrogens (tertiary/aromatic N) is 1. The van der Waals surface area contributed by atoms with E-state index in [-0.39, 0.29) is 12.6 Å². The molecule has 0 aromatic heterocycles. The van der Waals surface area contributed by atoms with E-state index in [1.807, 2.05) is 0 Å². The predicted octanol–water partition coefficient (Wildman–Crippen LogP) is 2.91. The molecule has 0 unspecified atom stereocenters. The maximum Gasteiger partial charge on any atom is 0.390 e. The van der Waals surface area contributed by atoms with E-state index in [4.69, 9.17) is 0 Å². The molecule has 1 rings (SSSR count). The van der Waals surface area contributed by atoms with Crippen LogP contribution in [0.3, 0.4) is 0 Å². The van der Waals surface area contributed by atoms with Crippen LogP contribution in [0.1, 0.15) is 38.5 Å². The summed E-state index contributed by atoms with van der Waals surface area (Å²) in [6, 6.07) is -0.272. The van der Waals surface area contributed by atoms with Crippen LogP contribution in [-0.4, -0.2) is 36.7 Å². The highest BCUT2D eigenvalue weighted by Crippen LogP contribution is 2.20. The number of carbonyl (C=O) groups excluding carboxylic acids is 1. The van der Waals surface area contributed by atoms with E-state index in [1.54, 1.807) is 0 Å². The summed E-state index contributed by atoms with van der Waals surface area (Å²) >= 11 is 0. The van der Waals surface area contributed by atoms with Gasteiger partial charge in [-0.3, -0.25) is 0 Å². The first-order valence-corrected chi connectivity index (χ1v) is 5.97. The van der Waals surface area contributed by atoms with E-state index in [1.165, 1.54) is 13.5 Å². The summed E-state index contributed by atoms with van der Waals surface area (Å²) < 4.78 is 35.9. The third-order valence-electron chi connectivity index (χ3n) is 3.01. The summed E-state index contributed by atoms with van der Waals surface area (Å²) in [7, 11) is 1.39. The summed E-state index contributed by atoms with van der Waals surface area (Å²) in [4.78, 5) is 12.7. The summed E-state index contributed by atoms with van der Waals surface area (Å²) in [6.07, 6.45) is 0.0311. The van der Waals surface area contributed by atoms with Crippen molar-refractivity contribution in [3.8, 4) is 0 Å². The highest BCUT2D eigenvalue weighted by Gasteiger charge is 2.28. The lowest BCUT2D eigenvalue weighted by molar-refractivity contribution is -0.136. The van der Waals surface area contributed by atoms with Gasteiger partial charge in [-0.2, -0.15) is 13.2 Å². The third kappa shape index (κ3) is 5.79. The van der Waals surface area contributed by atoms with Crippen LogP contribution in [0.2, 0.25) is 0 Å². The zero-order valence-corrected chi connectivity index (χ0v) is 10.0. The summed E-state index contributed by atoms with van der Waals surface area (Å²) in [5, 5.41) is 2.77. The molecule has 0 saturated heterocycles. The average molecular weight is 252 g/mol. The Morgan fingerprint density at radius 3 is 2.41 bits per heavy atom. The topological polar surface area (TPSA) is 32.3 Å². The molecular formula is C11H19F3N2O. The average Bonchev–Trinajstić information content (AvgIpc) is 2.26. The number of hydrogen-bond acceptors (Lipinski definition) is 1. The van der Waals surface area contributed by atoms with E-state index < -0.39 is 18.6 Å². The Morgan fingerprint density at radius 1 is 1.29 bits per heavy atom. The van der Waals surface area contributed by atoms with Crippen LogP contribution in [0.5, 0.6) is 0 Å². The standard InChI is InChI=1S/C11H19F3N2O/c1-16(8-7-11(12,13)14)10(17)15-9-5-3-2-4-6-9/h9H,2-8H2,1H3,(H,15,17). The molecule has 1 N–H and O–H groups in total. The number of halogens is 3. The van der Waals surface area contributed by atoms with Gasteiger partial charge in [-0.05, 0) is 12.8 Å². The highest BCUT2D eigenvalue weighted by atomic mass is 19.4. The Balaban J connectivity index is 2.26. The molecule has 0 bridgehead atoms. The zero-order chi connectivity index (χ0) is 12.9. The van der Waals surface area contributed by atoms with E-state index in [9.17, 15) is 18.0 Å². The maximum atomic E-state index is 12.0. The fraction of sp³-hybridized carbons (Fsp3) is 0.909. The van der Waals surface area contributed by atoms with E-state index >= 15 is 0 Å². The lowest BCUT2D eigenvalue weighted by Crippen LogP contribution is -2.44. The predicted molar refractivity (Wildman–Crippen MR) is 58.7 cm³/mol. The molecule has 6 heteroatoms. The highest BCUT2D eigenvalue weighted by molar-refractivity contribution is 5.74. The molecular weight excluding hydrogens is 233 g/mol. The van der Waals surface area contributed by atoms with Crippen molar-refractivity contribution in [2.24, 2.45) is 0 Å². The van der Waals surface area contributed by atoms with Crippen LogP contribution in [0, 0.1) is 0 Å². The second-order valence-corrected chi connectivity index (χ2v) is 4.57. The molecule has 17 heavy (non-hydrogen) atoms. The summed E-state index contributed by atoms with van der Waals surface area (Å²) in [5.41, 5.74) is 0. The van der Waals surface area contributed by atoms with E-state index in [2.05, 4.69) is 5.32 Å². The van der Waals surface area contributed by atoms with Crippen molar-refractivity contribution in [1.82, 2.24) is 10.2 Å². The van der Waals surface area contributed by atoms with Crippen molar-refractivity contribution in [2.45, 2.75) is 50.7 Å². The number of amides is 2. The number of nitrogens with one attached hydrogen (secondary N) is 1. The lowest BCUT2D eigenvalue weighted by Gasteiger charge is -2.26. The van der Waals surface area contributed by atoms with Crippen molar-refractivity contribution in [3.05, 3.63) is 0 Å². The number of urea groups is 1. The second kappa shape index (κ2) is 6.12. The Kier molecular flexibility index (Phi) is 5.08. The molecule has 0 radical (unpaired) electrons. The Bertz CT molecular complexity index is 250. The molecule has 0 aromatic rings. The van der Waals surface area contributed by atoms with Gasteiger partial charge in [0.1, 0.15) is 0 Å². The minimum atomic E-state index is -4.21. The van der Waals surface area contributed by atoms with Crippen LogP contribution in [0.15, 0.2) is 0 Å². The van der Waals surface area contributed by atoms with Gasteiger partial charge in [0.05, 0.1) is 6.42 Å². The Morgan fingerprint density at radius 2 is 1.88 bits per heavy atom. The molecule has 3 nitrogen and oxygen atoms in total. The monoisotopic (exact) mass is 252 g/mol.